The van der Waals surface area contributed by atoms with Gasteiger partial charge in [-0.15, -0.1) is 0 Å². The summed E-state index contributed by atoms with van der Waals surface area (Å²) in [6.07, 6.45) is 3.39. The Balaban J connectivity index is 2.59. The maximum absolute atomic E-state index is 10.1. The number of allylic oxidation sites excluding steroid dienone is 1. The molecule has 0 bridgehead atoms. The lowest BCUT2D eigenvalue weighted by atomic mass is 10.1. The maximum Gasteiger partial charge on any atom is 0.184 e. The molecule has 0 saturated carbocycles. The van der Waals surface area contributed by atoms with Crippen molar-refractivity contribution in [2.45, 2.75) is 25.9 Å². The highest BCUT2D eigenvalue weighted by atomic mass is 16.5. The normalized spacial score (nSPS) is 22.7. The third-order valence-electron chi connectivity index (χ3n) is 1.31. The number of hydrogen-bond acceptors (Lipinski definition) is 2. The van der Waals surface area contributed by atoms with E-state index < -0.39 is 0 Å². The molecule has 0 radical (unpaired) electrons. The van der Waals surface area contributed by atoms with Crippen LogP contribution in [0.2, 0.25) is 0 Å². The molecule has 0 aromatic heterocycles. The lowest BCUT2D eigenvalue weighted by molar-refractivity contribution is -0.109. The van der Waals surface area contributed by atoms with Crippen LogP contribution < -0.4 is 0 Å². The van der Waals surface area contributed by atoms with Crippen molar-refractivity contribution in [3.8, 4) is 0 Å². The molecule has 1 aliphatic heterocycles. The number of hydrogen-bond donors (Lipinski definition) is 0. The van der Waals surface area contributed by atoms with Crippen LogP contribution in [0.25, 0.3) is 0 Å². The van der Waals surface area contributed by atoms with Crippen LogP contribution in [0.5, 0.6) is 0 Å². The monoisotopic (exact) mass is 126 g/mol. The molecule has 0 amide bonds. The van der Waals surface area contributed by atoms with E-state index in [0.717, 1.165) is 12.7 Å². The van der Waals surface area contributed by atoms with E-state index in [2.05, 4.69) is 0 Å². The van der Waals surface area contributed by atoms with Crippen LogP contribution in [-0.4, -0.2) is 11.9 Å². The summed E-state index contributed by atoms with van der Waals surface area (Å²) in [4.78, 5) is 10.1. The summed E-state index contributed by atoms with van der Waals surface area (Å²) in [6.45, 7) is 3.92. The summed E-state index contributed by atoms with van der Waals surface area (Å²) >= 11 is 0. The smallest absolute Gasteiger partial charge is 0.184 e. The Bertz CT molecular complexity index is 156. The minimum atomic E-state index is -0.157. The third-order valence-corrected chi connectivity index (χ3v) is 1.31. The van der Waals surface area contributed by atoms with Gasteiger partial charge in [0.15, 0.2) is 12.0 Å². The fourth-order valence-electron chi connectivity index (χ4n) is 0.821. The van der Waals surface area contributed by atoms with Crippen LogP contribution in [0.1, 0.15) is 20.3 Å². The van der Waals surface area contributed by atoms with Gasteiger partial charge in [0.2, 0.25) is 0 Å². The Morgan fingerprint density at radius 2 is 2.44 bits per heavy atom. The summed E-state index contributed by atoms with van der Waals surface area (Å²) in [5.74, 6) is 0.472. The largest absolute Gasteiger partial charge is 0.484 e. The summed E-state index contributed by atoms with van der Waals surface area (Å²) in [6, 6.07) is 0. The highest BCUT2D eigenvalue weighted by Gasteiger charge is 2.24. The first-order valence-corrected chi connectivity index (χ1v) is 2.98. The van der Waals surface area contributed by atoms with E-state index in [1.54, 1.807) is 0 Å². The van der Waals surface area contributed by atoms with Gasteiger partial charge in [0, 0.05) is 6.42 Å². The van der Waals surface area contributed by atoms with Crippen LogP contribution in [0.15, 0.2) is 11.8 Å². The first kappa shape index (κ1) is 6.33. The second kappa shape index (κ2) is 1.87. The SMILES string of the molecule is CC1(C)CC=C(C=O)O1. The molecule has 2 nitrogen and oxygen atoms in total. The number of rotatable bonds is 1. The molecule has 0 saturated heterocycles. The van der Waals surface area contributed by atoms with Gasteiger partial charge in [-0.25, -0.2) is 0 Å². The van der Waals surface area contributed by atoms with Crippen LogP contribution in [0.4, 0.5) is 0 Å². The van der Waals surface area contributed by atoms with Crippen molar-refractivity contribution in [3.05, 3.63) is 11.8 Å². The van der Waals surface area contributed by atoms with E-state index in [4.69, 9.17) is 4.74 Å². The van der Waals surface area contributed by atoms with Crippen LogP contribution in [-0.2, 0) is 9.53 Å². The summed E-state index contributed by atoms with van der Waals surface area (Å²) < 4.78 is 5.19. The standard InChI is InChI=1S/C7H10O2/c1-7(2)4-3-6(5-8)9-7/h3,5H,4H2,1-2H3. The van der Waals surface area contributed by atoms with Crippen LogP contribution in [0, 0.1) is 0 Å². The number of aldehydes is 1. The molecular weight excluding hydrogens is 116 g/mol. The maximum atomic E-state index is 10.1. The van der Waals surface area contributed by atoms with Crippen molar-refractivity contribution >= 4 is 6.29 Å². The Labute approximate surface area is 54.5 Å². The number of ether oxygens (including phenoxy) is 1. The summed E-state index contributed by atoms with van der Waals surface area (Å²) in [5.41, 5.74) is -0.157. The van der Waals surface area contributed by atoms with Gasteiger partial charge in [0.25, 0.3) is 0 Å². The van der Waals surface area contributed by atoms with E-state index in [9.17, 15) is 4.79 Å². The predicted octanol–water partition coefficient (Wildman–Crippen LogP) is 1.27. The Hall–Kier alpha value is -0.790. The molecule has 0 atom stereocenters. The second-order valence-electron chi connectivity index (χ2n) is 2.79. The van der Waals surface area contributed by atoms with E-state index >= 15 is 0 Å². The molecule has 0 spiro atoms. The van der Waals surface area contributed by atoms with Crippen LogP contribution >= 0.6 is 0 Å². The third kappa shape index (κ3) is 1.31. The number of carbonyl (C=O) groups excluding carboxylic acids is 1. The molecule has 1 aliphatic rings. The highest BCUT2D eigenvalue weighted by Crippen LogP contribution is 2.25. The first-order chi connectivity index (χ1) is 4.14. The highest BCUT2D eigenvalue weighted by molar-refractivity contribution is 5.70. The zero-order chi connectivity index (χ0) is 6.91. The van der Waals surface area contributed by atoms with E-state index in [-0.39, 0.29) is 5.60 Å². The lowest BCUT2D eigenvalue weighted by Crippen LogP contribution is -2.17. The first-order valence-electron chi connectivity index (χ1n) is 2.98. The molecule has 50 valence electrons. The molecule has 0 fully saturated rings. The average molecular weight is 126 g/mol. The quantitative estimate of drug-likeness (QED) is 0.494. The molecular formula is C7H10O2. The fourth-order valence-corrected chi connectivity index (χ4v) is 0.821. The molecule has 9 heavy (non-hydrogen) atoms. The van der Waals surface area contributed by atoms with Crippen molar-refractivity contribution in [2.24, 2.45) is 0 Å². The van der Waals surface area contributed by atoms with E-state index in [1.165, 1.54) is 0 Å². The van der Waals surface area contributed by atoms with Gasteiger partial charge in [-0.05, 0) is 19.9 Å². The van der Waals surface area contributed by atoms with Gasteiger partial charge in [-0.1, -0.05) is 0 Å². The predicted molar refractivity (Wildman–Crippen MR) is 33.9 cm³/mol. The number of carbonyl (C=O) groups is 1. The molecule has 0 aromatic rings. The zero-order valence-electron chi connectivity index (χ0n) is 5.68. The van der Waals surface area contributed by atoms with Crippen molar-refractivity contribution in [1.29, 1.82) is 0 Å². The van der Waals surface area contributed by atoms with Gasteiger partial charge in [0.05, 0.1) is 0 Å². The van der Waals surface area contributed by atoms with Gasteiger partial charge in [-0.3, -0.25) is 4.79 Å². The van der Waals surface area contributed by atoms with E-state index in [0.29, 0.717) is 5.76 Å². The van der Waals surface area contributed by atoms with Crippen molar-refractivity contribution < 1.29 is 9.53 Å². The van der Waals surface area contributed by atoms with Crippen molar-refractivity contribution in [3.63, 3.8) is 0 Å². The summed E-state index contributed by atoms with van der Waals surface area (Å²) in [7, 11) is 0. The fraction of sp³-hybridized carbons (Fsp3) is 0.571. The van der Waals surface area contributed by atoms with E-state index in [1.807, 2.05) is 19.9 Å². The summed E-state index contributed by atoms with van der Waals surface area (Å²) in [5, 5.41) is 0. The minimum Gasteiger partial charge on any atom is -0.484 e. The van der Waals surface area contributed by atoms with Gasteiger partial charge >= 0.3 is 0 Å². The van der Waals surface area contributed by atoms with Gasteiger partial charge in [0.1, 0.15) is 5.60 Å². The molecule has 1 heterocycles. The Morgan fingerprint density at radius 1 is 1.78 bits per heavy atom. The molecule has 0 aliphatic carbocycles. The Kier molecular flexibility index (Phi) is 1.31. The zero-order valence-corrected chi connectivity index (χ0v) is 5.68. The van der Waals surface area contributed by atoms with Gasteiger partial charge < -0.3 is 4.74 Å². The topological polar surface area (TPSA) is 26.3 Å². The second-order valence-corrected chi connectivity index (χ2v) is 2.79. The molecule has 0 N–H and O–H groups in total. The molecule has 1 rings (SSSR count). The lowest BCUT2D eigenvalue weighted by Gasteiger charge is -2.17. The van der Waals surface area contributed by atoms with Crippen molar-refractivity contribution in [2.75, 3.05) is 0 Å². The van der Waals surface area contributed by atoms with Crippen molar-refractivity contribution in [1.82, 2.24) is 0 Å². The molecule has 2 heteroatoms. The molecule has 0 unspecified atom stereocenters. The molecule has 0 aromatic carbocycles. The van der Waals surface area contributed by atoms with Crippen LogP contribution in [0.3, 0.4) is 0 Å². The average Bonchev–Trinajstić information content (AvgIpc) is 2.10. The minimum absolute atomic E-state index is 0.157. The van der Waals surface area contributed by atoms with Gasteiger partial charge in [-0.2, -0.15) is 0 Å². The Morgan fingerprint density at radius 3 is 2.67 bits per heavy atom.